The normalized spacial score (nSPS) is 15.2. The molecule has 0 atom stereocenters. The molecule has 0 spiro atoms. The third-order valence-corrected chi connectivity index (χ3v) is 3.23. The Bertz CT molecular complexity index is 503. The Kier molecular flexibility index (Phi) is 4.66. The highest BCUT2D eigenvalue weighted by atomic mass is 16.5. The molecule has 1 amide bonds. The second-order valence-corrected chi connectivity index (χ2v) is 5.33. The Labute approximate surface area is 120 Å². The number of nitrogens with two attached hydrogens (primary N) is 1. The summed E-state index contributed by atoms with van der Waals surface area (Å²) in [5.41, 5.74) is 7.44. The van der Waals surface area contributed by atoms with Crippen LogP contribution in [0.15, 0.2) is 24.3 Å². The summed E-state index contributed by atoms with van der Waals surface area (Å²) in [5.74, 6) is 0.756. The largest absolute Gasteiger partial charge is 0.489 e. The van der Waals surface area contributed by atoms with Crippen molar-refractivity contribution in [2.45, 2.75) is 32.8 Å². The van der Waals surface area contributed by atoms with Gasteiger partial charge in [-0.25, -0.2) is 0 Å². The maximum absolute atomic E-state index is 11.9. The number of likely N-dealkylation sites (tertiary alicyclic amines) is 1. The molecule has 2 rings (SSSR count). The molecule has 1 heterocycles. The highest BCUT2D eigenvalue weighted by Gasteiger charge is 2.15. The SMILES string of the molecule is CC(C)Oc1ccc(/C=C\C(=O)N2CCCC2)cc1N. The van der Waals surface area contributed by atoms with Gasteiger partial charge >= 0.3 is 0 Å². The van der Waals surface area contributed by atoms with Gasteiger partial charge in [0, 0.05) is 19.2 Å². The van der Waals surface area contributed by atoms with E-state index >= 15 is 0 Å². The molecule has 108 valence electrons. The van der Waals surface area contributed by atoms with Crippen LogP contribution in [0.1, 0.15) is 32.3 Å². The third-order valence-electron chi connectivity index (χ3n) is 3.23. The molecule has 4 heteroatoms. The lowest BCUT2D eigenvalue weighted by Gasteiger charge is -2.13. The van der Waals surface area contributed by atoms with E-state index in [0.29, 0.717) is 11.4 Å². The van der Waals surface area contributed by atoms with Gasteiger partial charge < -0.3 is 15.4 Å². The predicted octanol–water partition coefficient (Wildman–Crippen LogP) is 2.69. The summed E-state index contributed by atoms with van der Waals surface area (Å²) in [4.78, 5) is 13.8. The Morgan fingerprint density at radius 2 is 2.05 bits per heavy atom. The molecular weight excluding hydrogens is 252 g/mol. The molecule has 1 fully saturated rings. The first-order valence-electron chi connectivity index (χ1n) is 7.09. The lowest BCUT2D eigenvalue weighted by molar-refractivity contribution is -0.124. The van der Waals surface area contributed by atoms with E-state index < -0.39 is 0 Å². The molecular formula is C16H22N2O2. The van der Waals surface area contributed by atoms with Gasteiger partial charge in [0.25, 0.3) is 0 Å². The summed E-state index contributed by atoms with van der Waals surface area (Å²) in [5, 5.41) is 0. The standard InChI is InChI=1S/C16H22N2O2/c1-12(2)20-15-7-5-13(11-14(15)17)6-8-16(19)18-9-3-4-10-18/h5-8,11-12H,3-4,9-10,17H2,1-2H3/b8-6-. The number of benzene rings is 1. The predicted molar refractivity (Wildman–Crippen MR) is 81.5 cm³/mol. The van der Waals surface area contributed by atoms with Crippen LogP contribution in [-0.2, 0) is 4.79 Å². The van der Waals surface area contributed by atoms with Gasteiger partial charge in [-0.1, -0.05) is 6.07 Å². The number of carbonyl (C=O) groups excluding carboxylic acids is 1. The minimum atomic E-state index is 0.0728. The van der Waals surface area contributed by atoms with Gasteiger partial charge in [-0.05, 0) is 50.5 Å². The van der Waals surface area contributed by atoms with Crippen molar-refractivity contribution in [3.05, 3.63) is 29.8 Å². The van der Waals surface area contributed by atoms with Crippen molar-refractivity contribution in [1.29, 1.82) is 0 Å². The molecule has 4 nitrogen and oxygen atoms in total. The number of ether oxygens (including phenoxy) is 1. The highest BCUT2D eigenvalue weighted by Crippen LogP contribution is 2.24. The van der Waals surface area contributed by atoms with Crippen LogP contribution in [-0.4, -0.2) is 30.0 Å². The number of carbonyl (C=O) groups is 1. The fourth-order valence-corrected chi connectivity index (χ4v) is 2.24. The van der Waals surface area contributed by atoms with Crippen LogP contribution >= 0.6 is 0 Å². The minimum Gasteiger partial charge on any atom is -0.489 e. The summed E-state index contributed by atoms with van der Waals surface area (Å²) in [6, 6.07) is 5.57. The smallest absolute Gasteiger partial charge is 0.246 e. The molecule has 0 aliphatic carbocycles. The maximum Gasteiger partial charge on any atom is 0.246 e. The topological polar surface area (TPSA) is 55.6 Å². The Morgan fingerprint density at radius 1 is 1.35 bits per heavy atom. The first-order chi connectivity index (χ1) is 9.56. The first kappa shape index (κ1) is 14.4. The molecule has 1 aliphatic heterocycles. The molecule has 1 saturated heterocycles. The van der Waals surface area contributed by atoms with E-state index in [-0.39, 0.29) is 12.0 Å². The van der Waals surface area contributed by atoms with Crippen LogP contribution < -0.4 is 10.5 Å². The fourth-order valence-electron chi connectivity index (χ4n) is 2.24. The van der Waals surface area contributed by atoms with Gasteiger partial charge in [0.05, 0.1) is 11.8 Å². The number of hydrogen-bond acceptors (Lipinski definition) is 3. The van der Waals surface area contributed by atoms with E-state index in [0.717, 1.165) is 31.5 Å². The van der Waals surface area contributed by atoms with Gasteiger partial charge in [-0.2, -0.15) is 0 Å². The van der Waals surface area contributed by atoms with Crippen LogP contribution in [0.5, 0.6) is 5.75 Å². The second-order valence-electron chi connectivity index (χ2n) is 5.33. The summed E-state index contributed by atoms with van der Waals surface area (Å²) >= 11 is 0. The van der Waals surface area contributed by atoms with Gasteiger partial charge in [0.15, 0.2) is 0 Å². The molecule has 0 aromatic heterocycles. The number of amides is 1. The highest BCUT2D eigenvalue weighted by molar-refractivity contribution is 5.92. The number of anilines is 1. The Hall–Kier alpha value is -1.97. The van der Waals surface area contributed by atoms with E-state index in [2.05, 4.69) is 0 Å². The zero-order valence-corrected chi connectivity index (χ0v) is 12.1. The van der Waals surface area contributed by atoms with E-state index in [1.54, 1.807) is 12.2 Å². The Morgan fingerprint density at radius 3 is 2.65 bits per heavy atom. The maximum atomic E-state index is 11.9. The van der Waals surface area contributed by atoms with Crippen molar-refractivity contribution in [3.63, 3.8) is 0 Å². The van der Waals surface area contributed by atoms with E-state index in [1.807, 2.05) is 36.9 Å². The van der Waals surface area contributed by atoms with Crippen molar-refractivity contribution in [1.82, 2.24) is 4.90 Å². The average molecular weight is 274 g/mol. The molecule has 2 N–H and O–H groups in total. The van der Waals surface area contributed by atoms with Crippen molar-refractivity contribution in [2.75, 3.05) is 18.8 Å². The summed E-state index contributed by atoms with van der Waals surface area (Å²) in [6.45, 7) is 5.66. The summed E-state index contributed by atoms with van der Waals surface area (Å²) in [7, 11) is 0. The van der Waals surface area contributed by atoms with Crippen LogP contribution in [0.2, 0.25) is 0 Å². The molecule has 0 radical (unpaired) electrons. The Balaban J connectivity index is 2.02. The number of nitrogens with zero attached hydrogens (tertiary/aromatic N) is 1. The summed E-state index contributed by atoms with van der Waals surface area (Å²) < 4.78 is 5.58. The number of rotatable bonds is 4. The van der Waals surface area contributed by atoms with Crippen molar-refractivity contribution >= 4 is 17.7 Å². The third kappa shape index (κ3) is 3.76. The average Bonchev–Trinajstić information content (AvgIpc) is 2.92. The van der Waals surface area contributed by atoms with Crippen molar-refractivity contribution in [2.24, 2.45) is 0 Å². The van der Waals surface area contributed by atoms with Crippen molar-refractivity contribution < 1.29 is 9.53 Å². The number of nitrogen functional groups attached to an aromatic ring is 1. The molecule has 0 unspecified atom stereocenters. The summed E-state index contributed by atoms with van der Waals surface area (Å²) in [6.07, 6.45) is 5.72. The minimum absolute atomic E-state index is 0.0728. The first-order valence-corrected chi connectivity index (χ1v) is 7.09. The zero-order chi connectivity index (χ0) is 14.5. The van der Waals surface area contributed by atoms with Gasteiger partial charge in [0.1, 0.15) is 5.75 Å². The lowest BCUT2D eigenvalue weighted by Crippen LogP contribution is -2.25. The van der Waals surface area contributed by atoms with Gasteiger partial charge in [0.2, 0.25) is 5.91 Å². The van der Waals surface area contributed by atoms with Crippen molar-refractivity contribution in [3.8, 4) is 5.75 Å². The monoisotopic (exact) mass is 274 g/mol. The van der Waals surface area contributed by atoms with Gasteiger partial charge in [-0.15, -0.1) is 0 Å². The molecule has 1 aliphatic rings. The zero-order valence-electron chi connectivity index (χ0n) is 12.1. The van der Waals surface area contributed by atoms with E-state index in [4.69, 9.17) is 10.5 Å². The van der Waals surface area contributed by atoms with Crippen LogP contribution in [0, 0.1) is 0 Å². The molecule has 0 saturated carbocycles. The molecule has 1 aromatic carbocycles. The fraction of sp³-hybridized carbons (Fsp3) is 0.438. The molecule has 1 aromatic rings. The van der Waals surface area contributed by atoms with Gasteiger partial charge in [-0.3, -0.25) is 4.79 Å². The second kappa shape index (κ2) is 6.46. The van der Waals surface area contributed by atoms with E-state index in [1.165, 1.54) is 0 Å². The van der Waals surface area contributed by atoms with E-state index in [9.17, 15) is 4.79 Å². The molecule has 20 heavy (non-hydrogen) atoms. The quantitative estimate of drug-likeness (QED) is 0.678. The van der Waals surface area contributed by atoms with Crippen LogP contribution in [0.4, 0.5) is 5.69 Å². The molecule has 0 bridgehead atoms. The van der Waals surface area contributed by atoms with Crippen LogP contribution in [0.25, 0.3) is 6.08 Å². The lowest BCUT2D eigenvalue weighted by atomic mass is 10.1. The number of hydrogen-bond donors (Lipinski definition) is 1. The van der Waals surface area contributed by atoms with Crippen LogP contribution in [0.3, 0.4) is 0 Å².